The van der Waals surface area contributed by atoms with E-state index in [4.69, 9.17) is 9.47 Å². The lowest BCUT2D eigenvalue weighted by atomic mass is 10.1. The van der Waals surface area contributed by atoms with Crippen molar-refractivity contribution < 1.29 is 14.6 Å². The third kappa shape index (κ3) is 3.97. The zero-order chi connectivity index (χ0) is 13.4. The summed E-state index contributed by atoms with van der Waals surface area (Å²) < 4.78 is 11.0. The lowest BCUT2D eigenvalue weighted by Crippen LogP contribution is -2.01. The Labute approximate surface area is 109 Å². The van der Waals surface area contributed by atoms with E-state index in [0.717, 1.165) is 5.56 Å². The van der Waals surface area contributed by atoms with Crippen LogP contribution in [0.15, 0.2) is 18.2 Å². The summed E-state index contributed by atoms with van der Waals surface area (Å²) in [4.78, 5) is 0. The van der Waals surface area contributed by atoms with Crippen molar-refractivity contribution in [1.29, 1.82) is 0 Å². The first-order chi connectivity index (χ1) is 8.72. The largest absolute Gasteiger partial charge is 0.490 e. The monoisotopic (exact) mass is 248 g/mol. The first kappa shape index (κ1) is 14.4. The molecule has 3 nitrogen and oxygen atoms in total. The molecular weight excluding hydrogens is 228 g/mol. The fraction of sp³-hybridized carbons (Fsp3) is 0.467. The van der Waals surface area contributed by atoms with Crippen LogP contribution in [0.3, 0.4) is 0 Å². The number of benzene rings is 1. The van der Waals surface area contributed by atoms with E-state index in [9.17, 15) is 5.11 Å². The summed E-state index contributed by atoms with van der Waals surface area (Å²) in [5, 5.41) is 9.97. The van der Waals surface area contributed by atoms with Crippen molar-refractivity contribution in [3.63, 3.8) is 0 Å². The average Bonchev–Trinajstić information content (AvgIpc) is 2.38. The minimum absolute atomic E-state index is 0.427. The molecule has 0 saturated carbocycles. The van der Waals surface area contributed by atoms with Crippen molar-refractivity contribution in [2.24, 2.45) is 0 Å². The highest BCUT2D eigenvalue weighted by Crippen LogP contribution is 2.31. The second-order valence-corrected chi connectivity index (χ2v) is 3.72. The molecule has 1 rings (SSSR count). The molecular formula is C15H20O3. The third-order valence-corrected chi connectivity index (χ3v) is 2.42. The van der Waals surface area contributed by atoms with Crippen LogP contribution < -0.4 is 9.47 Å². The predicted octanol–water partition coefficient (Wildman–Crippen LogP) is 2.93. The molecule has 0 radical (unpaired) electrons. The van der Waals surface area contributed by atoms with Gasteiger partial charge in [0.05, 0.1) is 19.3 Å². The Bertz CT molecular complexity index is 429. The van der Waals surface area contributed by atoms with Crippen LogP contribution >= 0.6 is 0 Å². The summed E-state index contributed by atoms with van der Waals surface area (Å²) in [7, 11) is 0. The van der Waals surface area contributed by atoms with E-state index in [1.54, 1.807) is 6.92 Å². The Morgan fingerprint density at radius 3 is 2.44 bits per heavy atom. The topological polar surface area (TPSA) is 38.7 Å². The molecule has 0 aliphatic carbocycles. The van der Waals surface area contributed by atoms with E-state index in [1.807, 2.05) is 32.0 Å². The van der Waals surface area contributed by atoms with Crippen molar-refractivity contribution in [1.82, 2.24) is 0 Å². The Hall–Kier alpha value is -1.66. The zero-order valence-electron chi connectivity index (χ0n) is 11.2. The molecule has 1 atom stereocenters. The maximum atomic E-state index is 9.97. The lowest BCUT2D eigenvalue weighted by Gasteiger charge is -2.14. The van der Waals surface area contributed by atoms with Crippen LogP contribution in [0.5, 0.6) is 11.5 Å². The van der Waals surface area contributed by atoms with E-state index < -0.39 is 6.10 Å². The van der Waals surface area contributed by atoms with Crippen LogP contribution in [0, 0.1) is 11.8 Å². The summed E-state index contributed by atoms with van der Waals surface area (Å²) in [5.74, 6) is 7.01. The second-order valence-electron chi connectivity index (χ2n) is 3.72. The molecule has 0 bridgehead atoms. The van der Waals surface area contributed by atoms with E-state index in [-0.39, 0.29) is 0 Å². The van der Waals surface area contributed by atoms with E-state index in [0.29, 0.717) is 31.1 Å². The van der Waals surface area contributed by atoms with Crippen LogP contribution in [0.2, 0.25) is 0 Å². The Morgan fingerprint density at radius 1 is 1.17 bits per heavy atom. The molecule has 98 valence electrons. The molecule has 3 heteroatoms. The zero-order valence-corrected chi connectivity index (χ0v) is 11.2. The number of ether oxygens (including phenoxy) is 2. The molecule has 0 aliphatic rings. The highest BCUT2D eigenvalue weighted by Gasteiger charge is 2.11. The molecule has 1 N–H and O–H groups in total. The average molecular weight is 248 g/mol. The fourth-order valence-corrected chi connectivity index (χ4v) is 1.59. The van der Waals surface area contributed by atoms with Gasteiger partial charge in [-0.2, -0.15) is 0 Å². The number of hydrogen-bond donors (Lipinski definition) is 1. The molecule has 1 aromatic carbocycles. The quantitative estimate of drug-likeness (QED) is 0.787. The molecule has 1 unspecified atom stereocenters. The van der Waals surface area contributed by atoms with Gasteiger partial charge in [-0.25, -0.2) is 0 Å². The number of hydrogen-bond acceptors (Lipinski definition) is 3. The van der Waals surface area contributed by atoms with E-state index in [2.05, 4.69) is 11.8 Å². The van der Waals surface area contributed by atoms with Crippen LogP contribution in [-0.4, -0.2) is 18.3 Å². The number of rotatable bonds is 6. The summed E-state index contributed by atoms with van der Waals surface area (Å²) >= 11 is 0. The van der Waals surface area contributed by atoms with Crippen molar-refractivity contribution in [2.45, 2.75) is 33.3 Å². The van der Waals surface area contributed by atoms with Crippen LogP contribution in [-0.2, 0) is 0 Å². The molecule has 1 aromatic rings. The van der Waals surface area contributed by atoms with E-state index in [1.165, 1.54) is 0 Å². The Morgan fingerprint density at radius 2 is 1.83 bits per heavy atom. The molecule has 0 spiro atoms. The molecule has 0 heterocycles. The smallest absolute Gasteiger partial charge is 0.161 e. The van der Waals surface area contributed by atoms with Gasteiger partial charge in [-0.15, -0.1) is 11.8 Å². The maximum absolute atomic E-state index is 9.97. The van der Waals surface area contributed by atoms with E-state index >= 15 is 0 Å². The van der Waals surface area contributed by atoms with Crippen LogP contribution in [0.4, 0.5) is 0 Å². The summed E-state index contributed by atoms with van der Waals surface area (Å²) in [5.41, 5.74) is 0.796. The van der Waals surface area contributed by atoms with Crippen LogP contribution in [0.25, 0.3) is 0 Å². The Kier molecular flexibility index (Phi) is 6.10. The SMILES string of the molecule is CC#CCC(O)c1ccc(OCC)c(OCC)c1. The van der Waals surface area contributed by atoms with Gasteiger partial charge in [0, 0.05) is 6.42 Å². The first-order valence-corrected chi connectivity index (χ1v) is 6.20. The van der Waals surface area contributed by atoms with Gasteiger partial charge < -0.3 is 14.6 Å². The van der Waals surface area contributed by atoms with Crippen molar-refractivity contribution in [2.75, 3.05) is 13.2 Å². The second kappa shape index (κ2) is 7.62. The summed E-state index contributed by atoms with van der Waals surface area (Å²) in [6.07, 6.45) is -0.164. The van der Waals surface area contributed by atoms with Gasteiger partial charge in [0.2, 0.25) is 0 Å². The van der Waals surface area contributed by atoms with Gasteiger partial charge >= 0.3 is 0 Å². The predicted molar refractivity (Wildman–Crippen MR) is 71.8 cm³/mol. The number of aliphatic hydroxyl groups excluding tert-OH is 1. The molecule has 0 amide bonds. The highest BCUT2D eigenvalue weighted by molar-refractivity contribution is 5.43. The minimum atomic E-state index is -0.590. The lowest BCUT2D eigenvalue weighted by molar-refractivity contribution is 0.183. The van der Waals surface area contributed by atoms with Gasteiger partial charge in [0.25, 0.3) is 0 Å². The van der Waals surface area contributed by atoms with Gasteiger partial charge in [0.1, 0.15) is 0 Å². The van der Waals surface area contributed by atoms with Crippen molar-refractivity contribution in [3.8, 4) is 23.3 Å². The van der Waals surface area contributed by atoms with Crippen LogP contribution in [0.1, 0.15) is 38.9 Å². The molecule has 0 aromatic heterocycles. The van der Waals surface area contributed by atoms with Gasteiger partial charge in [-0.05, 0) is 38.5 Å². The van der Waals surface area contributed by atoms with Gasteiger partial charge in [-0.1, -0.05) is 6.07 Å². The molecule has 18 heavy (non-hydrogen) atoms. The summed E-state index contributed by atoms with van der Waals surface area (Å²) in [6.45, 7) is 6.75. The first-order valence-electron chi connectivity index (χ1n) is 6.20. The molecule has 0 saturated heterocycles. The molecule has 0 fully saturated rings. The standard InChI is InChI=1S/C15H20O3/c1-4-7-8-13(16)12-9-10-14(17-5-2)15(11-12)18-6-3/h9-11,13,16H,5-6,8H2,1-3H3. The Balaban J connectivity index is 2.93. The van der Waals surface area contributed by atoms with Crippen molar-refractivity contribution >= 4 is 0 Å². The maximum Gasteiger partial charge on any atom is 0.161 e. The molecule has 0 aliphatic heterocycles. The fourth-order valence-electron chi connectivity index (χ4n) is 1.59. The minimum Gasteiger partial charge on any atom is -0.490 e. The van der Waals surface area contributed by atoms with Gasteiger partial charge in [-0.3, -0.25) is 0 Å². The van der Waals surface area contributed by atoms with Crippen molar-refractivity contribution in [3.05, 3.63) is 23.8 Å². The normalized spacial score (nSPS) is 11.3. The third-order valence-electron chi connectivity index (χ3n) is 2.42. The number of aliphatic hydroxyl groups is 1. The van der Waals surface area contributed by atoms with Gasteiger partial charge in [0.15, 0.2) is 11.5 Å². The summed E-state index contributed by atoms with van der Waals surface area (Å²) in [6, 6.07) is 5.48. The highest BCUT2D eigenvalue weighted by atomic mass is 16.5.